The Hall–Kier alpha value is -3.14. The van der Waals surface area contributed by atoms with Gasteiger partial charge >= 0.3 is 0 Å². The van der Waals surface area contributed by atoms with Crippen molar-refractivity contribution in [3.8, 4) is 5.75 Å². The molecule has 0 fully saturated rings. The van der Waals surface area contributed by atoms with Crippen molar-refractivity contribution in [1.29, 1.82) is 0 Å². The summed E-state index contributed by atoms with van der Waals surface area (Å²) >= 11 is 5.97. The summed E-state index contributed by atoms with van der Waals surface area (Å²) in [4.78, 5) is 12.6. The van der Waals surface area contributed by atoms with E-state index in [2.05, 4.69) is 10.7 Å². The van der Waals surface area contributed by atoms with E-state index in [4.69, 9.17) is 16.3 Å². The number of benzene rings is 3. The van der Waals surface area contributed by atoms with Crippen LogP contribution in [0.25, 0.3) is 0 Å². The van der Waals surface area contributed by atoms with Crippen molar-refractivity contribution in [2.75, 3.05) is 16.8 Å². The van der Waals surface area contributed by atoms with Crippen LogP contribution in [0.4, 0.5) is 15.8 Å². The maximum Gasteiger partial charge on any atom is 0.281 e. The number of ether oxygens (including phenoxy) is 1. The second-order valence-corrected chi connectivity index (χ2v) is 9.32. The topological polar surface area (TPSA) is 87.7 Å². The zero-order chi connectivity index (χ0) is 23.0. The molecule has 10 heteroatoms. The second kappa shape index (κ2) is 8.42. The van der Waals surface area contributed by atoms with Gasteiger partial charge in [0.05, 0.1) is 23.4 Å². The van der Waals surface area contributed by atoms with Crippen LogP contribution in [0, 0.1) is 12.7 Å². The number of anilines is 2. The summed E-state index contributed by atoms with van der Waals surface area (Å²) in [6.45, 7) is 2.06. The fourth-order valence-electron chi connectivity index (χ4n) is 3.43. The van der Waals surface area contributed by atoms with Crippen molar-refractivity contribution in [2.24, 2.45) is 0 Å². The number of halogens is 2. The molecule has 0 spiro atoms. The molecule has 1 aliphatic heterocycles. The van der Waals surface area contributed by atoms with Crippen LogP contribution in [-0.2, 0) is 16.6 Å². The third-order valence-electron chi connectivity index (χ3n) is 5.00. The molecule has 1 amide bonds. The molecule has 32 heavy (non-hydrogen) atoms. The molecular weight excluding hydrogens is 457 g/mol. The molecule has 7 nitrogen and oxygen atoms in total. The van der Waals surface area contributed by atoms with E-state index in [1.54, 1.807) is 31.2 Å². The van der Waals surface area contributed by atoms with E-state index < -0.39 is 21.7 Å². The lowest BCUT2D eigenvalue weighted by atomic mass is 10.1. The molecule has 0 atom stereocenters. The summed E-state index contributed by atoms with van der Waals surface area (Å²) in [5.74, 6) is -1.29. The van der Waals surface area contributed by atoms with Crippen molar-refractivity contribution in [3.05, 3.63) is 82.1 Å². The Labute approximate surface area is 189 Å². The molecular formula is C22H19ClFN3O4S. The molecule has 1 aliphatic rings. The van der Waals surface area contributed by atoms with Crippen molar-refractivity contribution in [1.82, 2.24) is 5.43 Å². The highest BCUT2D eigenvalue weighted by Gasteiger charge is 2.33. The zero-order valence-corrected chi connectivity index (χ0v) is 18.7. The molecule has 0 bridgehead atoms. The summed E-state index contributed by atoms with van der Waals surface area (Å²) in [6.07, 6.45) is 0. The third kappa shape index (κ3) is 3.90. The number of nitrogens with one attached hydrogen (secondary N) is 2. The first kappa shape index (κ1) is 22.1. The highest BCUT2D eigenvalue weighted by molar-refractivity contribution is 7.92. The Morgan fingerprint density at radius 3 is 2.69 bits per heavy atom. The lowest BCUT2D eigenvalue weighted by molar-refractivity contribution is 0.102. The van der Waals surface area contributed by atoms with E-state index in [0.29, 0.717) is 11.3 Å². The number of amides is 1. The van der Waals surface area contributed by atoms with Crippen LogP contribution in [0.5, 0.6) is 5.75 Å². The summed E-state index contributed by atoms with van der Waals surface area (Å²) in [7, 11) is -2.63. The van der Waals surface area contributed by atoms with Crippen LogP contribution in [0.15, 0.2) is 59.5 Å². The van der Waals surface area contributed by atoms with Gasteiger partial charge in [0.25, 0.3) is 15.9 Å². The molecule has 0 aromatic heterocycles. The molecule has 2 N–H and O–H groups in total. The van der Waals surface area contributed by atoms with Crippen molar-refractivity contribution < 1.29 is 22.3 Å². The third-order valence-corrected chi connectivity index (χ3v) is 7.00. The number of methoxy groups -OCH3 is 1. The minimum Gasteiger partial charge on any atom is -0.495 e. The highest BCUT2D eigenvalue weighted by Crippen LogP contribution is 2.36. The first-order valence-corrected chi connectivity index (χ1v) is 11.4. The smallest absolute Gasteiger partial charge is 0.281 e. The van der Waals surface area contributed by atoms with Gasteiger partial charge in [-0.2, -0.15) is 12.8 Å². The number of fused-ring (bicyclic) bond motifs is 1. The number of hydrogen-bond acceptors (Lipinski definition) is 5. The van der Waals surface area contributed by atoms with Crippen LogP contribution in [-0.4, -0.2) is 21.4 Å². The number of carbonyl (C=O) groups is 1. The Morgan fingerprint density at radius 2 is 1.97 bits per heavy atom. The SMILES string of the molecule is COc1ccc(C)cc1S(=O)(=O)N1NCc2ccc(NC(=O)c3c(F)cccc3Cl)cc21. The van der Waals surface area contributed by atoms with E-state index in [0.717, 1.165) is 16.0 Å². The van der Waals surface area contributed by atoms with E-state index in [-0.39, 0.29) is 33.5 Å². The van der Waals surface area contributed by atoms with Gasteiger partial charge < -0.3 is 10.1 Å². The quantitative estimate of drug-likeness (QED) is 0.575. The van der Waals surface area contributed by atoms with Crippen molar-refractivity contribution in [3.63, 3.8) is 0 Å². The fraction of sp³-hybridized carbons (Fsp3) is 0.136. The number of rotatable bonds is 5. The summed E-state index contributed by atoms with van der Waals surface area (Å²) < 4.78 is 47.2. The van der Waals surface area contributed by atoms with E-state index in [9.17, 15) is 17.6 Å². The van der Waals surface area contributed by atoms with Gasteiger partial charge in [0.15, 0.2) is 0 Å². The molecule has 1 heterocycles. The number of carbonyl (C=O) groups excluding carboxylic acids is 1. The van der Waals surface area contributed by atoms with Gasteiger partial charge in [-0.1, -0.05) is 29.8 Å². The van der Waals surface area contributed by atoms with Gasteiger partial charge in [-0.25, -0.2) is 9.82 Å². The predicted octanol–water partition coefficient (Wildman–Crippen LogP) is 4.26. The molecule has 166 valence electrons. The van der Waals surface area contributed by atoms with Crippen LogP contribution in [0.1, 0.15) is 21.5 Å². The lowest BCUT2D eigenvalue weighted by Crippen LogP contribution is -2.38. The van der Waals surface area contributed by atoms with Crippen molar-refractivity contribution >= 4 is 38.9 Å². The van der Waals surface area contributed by atoms with Gasteiger partial charge in [0.1, 0.15) is 16.5 Å². The van der Waals surface area contributed by atoms with Crippen molar-refractivity contribution in [2.45, 2.75) is 18.4 Å². The number of sulfonamides is 1. The average Bonchev–Trinajstić information content (AvgIpc) is 3.17. The first-order valence-electron chi connectivity index (χ1n) is 9.54. The number of hydrazine groups is 1. The molecule has 3 aromatic rings. The molecule has 0 aliphatic carbocycles. The Balaban J connectivity index is 1.69. The van der Waals surface area contributed by atoms with E-state index >= 15 is 0 Å². The Bertz CT molecular complexity index is 1310. The van der Waals surface area contributed by atoms with Crippen LogP contribution >= 0.6 is 11.6 Å². The van der Waals surface area contributed by atoms with Gasteiger partial charge in [-0.15, -0.1) is 0 Å². The minimum absolute atomic E-state index is 0.00734. The standard InChI is InChI=1S/C22H19ClFN3O4S/c1-13-6-9-19(31-2)20(10-13)32(29,30)27-18-11-15(8-7-14(18)12-25-27)26-22(28)21-16(23)4-3-5-17(21)24/h3-11,25H,12H2,1-2H3,(H,26,28). The Kier molecular flexibility index (Phi) is 5.81. The number of nitrogens with zero attached hydrogens (tertiary/aromatic N) is 1. The van der Waals surface area contributed by atoms with E-state index in [1.807, 2.05) is 0 Å². The van der Waals surface area contributed by atoms with E-state index in [1.165, 1.54) is 31.4 Å². The molecule has 0 radical (unpaired) electrons. The maximum absolute atomic E-state index is 14.1. The zero-order valence-electron chi connectivity index (χ0n) is 17.1. The Morgan fingerprint density at radius 1 is 1.19 bits per heavy atom. The molecule has 0 unspecified atom stereocenters. The average molecular weight is 476 g/mol. The predicted molar refractivity (Wildman–Crippen MR) is 120 cm³/mol. The molecule has 3 aromatic carbocycles. The second-order valence-electron chi connectivity index (χ2n) is 7.15. The highest BCUT2D eigenvalue weighted by atomic mass is 35.5. The van der Waals surface area contributed by atoms with Crippen LogP contribution in [0.2, 0.25) is 5.02 Å². The van der Waals surface area contributed by atoms with Gasteiger partial charge in [0.2, 0.25) is 0 Å². The summed E-state index contributed by atoms with van der Waals surface area (Å²) in [5.41, 5.74) is 4.66. The van der Waals surface area contributed by atoms with Gasteiger partial charge in [-0.3, -0.25) is 4.79 Å². The van der Waals surface area contributed by atoms with Crippen LogP contribution < -0.4 is 19.9 Å². The molecule has 0 saturated carbocycles. The van der Waals surface area contributed by atoms with Crippen LogP contribution in [0.3, 0.4) is 0 Å². The largest absolute Gasteiger partial charge is 0.495 e. The summed E-state index contributed by atoms with van der Waals surface area (Å²) in [6, 6.07) is 13.6. The monoisotopic (exact) mass is 475 g/mol. The lowest BCUT2D eigenvalue weighted by Gasteiger charge is -2.21. The number of aryl methyl sites for hydroxylation is 1. The minimum atomic E-state index is -4.02. The fourth-order valence-corrected chi connectivity index (χ4v) is 5.28. The molecule has 4 rings (SSSR count). The normalized spacial score (nSPS) is 13.1. The number of hydrogen-bond donors (Lipinski definition) is 2. The summed E-state index contributed by atoms with van der Waals surface area (Å²) in [5, 5.41) is 2.55. The first-order chi connectivity index (χ1) is 15.2. The molecule has 0 saturated heterocycles. The maximum atomic E-state index is 14.1. The van der Waals surface area contributed by atoms with Gasteiger partial charge in [-0.05, 0) is 54.4 Å². The van der Waals surface area contributed by atoms with Gasteiger partial charge in [0, 0.05) is 12.2 Å².